The third-order valence-electron chi connectivity index (χ3n) is 5.31. The van der Waals surface area contributed by atoms with Gasteiger partial charge in [-0.1, -0.05) is 18.2 Å². The third kappa shape index (κ3) is 6.99. The van der Waals surface area contributed by atoms with Crippen LogP contribution in [0.4, 0.5) is 5.69 Å². The molecule has 0 heterocycles. The summed E-state index contributed by atoms with van der Waals surface area (Å²) in [4.78, 5) is 12.7. The van der Waals surface area contributed by atoms with Crippen LogP contribution in [0.1, 0.15) is 29.2 Å². The Morgan fingerprint density at radius 1 is 1.06 bits per heavy atom. The second kappa shape index (κ2) is 12.3. The van der Waals surface area contributed by atoms with Crippen LogP contribution in [0, 0.1) is 28.7 Å². The van der Waals surface area contributed by atoms with E-state index in [1.54, 1.807) is 37.4 Å². The van der Waals surface area contributed by atoms with Gasteiger partial charge in [0.1, 0.15) is 24.0 Å². The van der Waals surface area contributed by atoms with Crippen LogP contribution < -0.4 is 19.5 Å². The van der Waals surface area contributed by atoms with Crippen molar-refractivity contribution in [1.29, 1.82) is 5.26 Å². The molecule has 0 radical (unpaired) electrons. The maximum Gasteiger partial charge on any atom is 0.266 e. The van der Waals surface area contributed by atoms with E-state index in [4.69, 9.17) is 14.2 Å². The second-order valence-electron chi connectivity index (χ2n) is 7.82. The number of benzene rings is 3. The zero-order valence-electron chi connectivity index (χ0n) is 20.1. The highest BCUT2D eigenvalue weighted by Gasteiger charge is 2.14. The molecule has 0 fully saturated rings. The molecule has 0 aliphatic heterocycles. The highest BCUT2D eigenvalue weighted by atomic mass is 127. The molecule has 0 unspecified atom stereocenters. The maximum absolute atomic E-state index is 12.7. The Morgan fingerprint density at radius 3 is 2.43 bits per heavy atom. The van der Waals surface area contributed by atoms with Gasteiger partial charge in [0.2, 0.25) is 0 Å². The molecule has 3 rings (SSSR count). The van der Waals surface area contributed by atoms with E-state index in [9.17, 15) is 10.1 Å². The van der Waals surface area contributed by atoms with Crippen molar-refractivity contribution in [2.24, 2.45) is 0 Å². The zero-order valence-corrected chi connectivity index (χ0v) is 22.3. The van der Waals surface area contributed by atoms with Crippen molar-refractivity contribution in [1.82, 2.24) is 0 Å². The largest absolute Gasteiger partial charge is 0.494 e. The lowest BCUT2D eigenvalue weighted by Gasteiger charge is -2.14. The zero-order chi connectivity index (χ0) is 25.4. The fraction of sp³-hybridized carbons (Fsp3) is 0.214. The fourth-order valence-electron chi connectivity index (χ4n) is 3.33. The maximum atomic E-state index is 12.7. The van der Waals surface area contributed by atoms with Gasteiger partial charge in [-0.3, -0.25) is 4.79 Å². The van der Waals surface area contributed by atoms with Crippen molar-refractivity contribution in [3.05, 3.63) is 86.0 Å². The van der Waals surface area contributed by atoms with Gasteiger partial charge in [0.05, 0.1) is 17.3 Å². The molecule has 0 saturated heterocycles. The summed E-state index contributed by atoms with van der Waals surface area (Å²) in [7, 11) is 1.56. The number of hydrogen-bond donors (Lipinski definition) is 1. The van der Waals surface area contributed by atoms with E-state index in [1.165, 1.54) is 17.2 Å². The summed E-state index contributed by atoms with van der Waals surface area (Å²) in [6.07, 6.45) is 1.53. The predicted octanol–water partition coefficient (Wildman–Crippen LogP) is 6.44. The normalized spacial score (nSPS) is 10.9. The van der Waals surface area contributed by atoms with Crippen LogP contribution in [-0.4, -0.2) is 19.6 Å². The Morgan fingerprint density at radius 2 is 1.80 bits per heavy atom. The van der Waals surface area contributed by atoms with E-state index in [0.29, 0.717) is 41.7 Å². The summed E-state index contributed by atoms with van der Waals surface area (Å²) in [6.45, 7) is 7.01. The molecule has 0 spiro atoms. The van der Waals surface area contributed by atoms with Gasteiger partial charge in [0.25, 0.3) is 5.91 Å². The molecule has 3 aromatic rings. The number of carbonyl (C=O) groups is 1. The Balaban J connectivity index is 1.77. The first-order valence-electron chi connectivity index (χ1n) is 11.1. The summed E-state index contributed by atoms with van der Waals surface area (Å²) in [5.41, 5.74) is 4.70. The number of methoxy groups -OCH3 is 1. The van der Waals surface area contributed by atoms with E-state index < -0.39 is 5.91 Å². The highest BCUT2D eigenvalue weighted by Crippen LogP contribution is 2.35. The average molecular weight is 582 g/mol. The number of nitriles is 1. The Labute approximate surface area is 219 Å². The monoisotopic (exact) mass is 582 g/mol. The van der Waals surface area contributed by atoms with Crippen LogP contribution >= 0.6 is 22.6 Å². The lowest BCUT2D eigenvalue weighted by molar-refractivity contribution is -0.112. The molecule has 1 N–H and O–H groups in total. The first kappa shape index (κ1) is 26.1. The number of rotatable bonds is 9. The number of ether oxygens (including phenoxy) is 3. The first-order chi connectivity index (χ1) is 16.8. The topological polar surface area (TPSA) is 80.6 Å². The molecule has 7 heteroatoms. The van der Waals surface area contributed by atoms with Crippen LogP contribution in [0.25, 0.3) is 6.08 Å². The van der Waals surface area contributed by atoms with E-state index >= 15 is 0 Å². The Hall–Kier alpha value is -3.51. The average Bonchev–Trinajstić information content (AvgIpc) is 2.84. The number of nitrogens with one attached hydrogen (secondary N) is 1. The molecule has 6 nitrogen and oxygen atoms in total. The molecule has 0 aliphatic rings. The standard InChI is InChI=1S/C28H27IN2O4/c1-5-34-24-10-8-23(9-11-24)31-28(32)22(16-30)13-21-14-25(29)27(26(15-21)33-4)35-17-20-7-6-18(2)19(3)12-20/h6-15H,5,17H2,1-4H3,(H,31,32)/b22-13+. The van der Waals surface area contributed by atoms with Gasteiger partial charge < -0.3 is 19.5 Å². The number of carbonyl (C=O) groups excluding carboxylic acids is 1. The van der Waals surface area contributed by atoms with E-state index in [-0.39, 0.29) is 5.57 Å². The molecule has 0 aliphatic carbocycles. The lowest BCUT2D eigenvalue weighted by Crippen LogP contribution is -2.13. The summed E-state index contributed by atoms with van der Waals surface area (Å²) in [5, 5.41) is 12.3. The van der Waals surface area contributed by atoms with Gasteiger partial charge in [0, 0.05) is 5.69 Å². The van der Waals surface area contributed by atoms with Crippen molar-refractivity contribution in [3.63, 3.8) is 0 Å². The van der Waals surface area contributed by atoms with E-state index in [1.807, 2.05) is 25.1 Å². The molecule has 180 valence electrons. The smallest absolute Gasteiger partial charge is 0.266 e. The minimum atomic E-state index is -0.499. The predicted molar refractivity (Wildman–Crippen MR) is 146 cm³/mol. The number of nitrogens with zero attached hydrogens (tertiary/aromatic N) is 1. The number of hydrogen-bond acceptors (Lipinski definition) is 5. The molecule has 0 bridgehead atoms. The molecule has 0 aromatic heterocycles. The first-order valence-corrected chi connectivity index (χ1v) is 12.1. The number of halogens is 1. The van der Waals surface area contributed by atoms with Crippen molar-refractivity contribution in [2.75, 3.05) is 19.0 Å². The molecule has 0 saturated carbocycles. The lowest BCUT2D eigenvalue weighted by atomic mass is 10.1. The SMILES string of the molecule is CCOc1ccc(NC(=O)/C(C#N)=C/c2cc(I)c(OCc3ccc(C)c(C)c3)c(OC)c2)cc1. The van der Waals surface area contributed by atoms with E-state index in [2.05, 4.69) is 53.9 Å². The molecule has 1 amide bonds. The summed E-state index contributed by atoms with van der Waals surface area (Å²) < 4.78 is 17.8. The minimum Gasteiger partial charge on any atom is -0.494 e. The van der Waals surface area contributed by atoms with Gasteiger partial charge in [-0.15, -0.1) is 0 Å². The minimum absolute atomic E-state index is 0.0273. The van der Waals surface area contributed by atoms with Crippen LogP contribution in [0.15, 0.2) is 60.2 Å². The molecule has 3 aromatic carbocycles. The van der Waals surface area contributed by atoms with Crippen LogP contribution in [-0.2, 0) is 11.4 Å². The van der Waals surface area contributed by atoms with Gasteiger partial charge in [0.15, 0.2) is 11.5 Å². The Bertz CT molecular complexity index is 1280. The second-order valence-corrected chi connectivity index (χ2v) is 8.98. The molecule has 0 atom stereocenters. The summed E-state index contributed by atoms with van der Waals surface area (Å²) in [5.74, 6) is 1.35. The van der Waals surface area contributed by atoms with Crippen molar-refractivity contribution < 1.29 is 19.0 Å². The van der Waals surface area contributed by atoms with Gasteiger partial charge in [-0.25, -0.2) is 0 Å². The fourth-order valence-corrected chi connectivity index (χ4v) is 4.11. The van der Waals surface area contributed by atoms with Gasteiger partial charge in [-0.2, -0.15) is 5.26 Å². The number of amides is 1. The summed E-state index contributed by atoms with van der Waals surface area (Å²) >= 11 is 2.16. The van der Waals surface area contributed by atoms with Crippen molar-refractivity contribution >= 4 is 40.3 Å². The molecule has 35 heavy (non-hydrogen) atoms. The molecular formula is C28H27IN2O4. The highest BCUT2D eigenvalue weighted by molar-refractivity contribution is 14.1. The quantitative estimate of drug-likeness (QED) is 0.179. The van der Waals surface area contributed by atoms with Crippen molar-refractivity contribution in [3.8, 4) is 23.3 Å². The summed E-state index contributed by atoms with van der Waals surface area (Å²) in [6, 6.07) is 18.8. The molecular weight excluding hydrogens is 555 g/mol. The number of aryl methyl sites for hydroxylation is 2. The number of anilines is 1. The van der Waals surface area contributed by atoms with Crippen LogP contribution in [0.5, 0.6) is 17.2 Å². The van der Waals surface area contributed by atoms with E-state index in [0.717, 1.165) is 9.13 Å². The van der Waals surface area contributed by atoms with Gasteiger partial charge in [-0.05, 0) is 108 Å². The van der Waals surface area contributed by atoms with Crippen LogP contribution in [0.2, 0.25) is 0 Å². The van der Waals surface area contributed by atoms with Gasteiger partial charge >= 0.3 is 0 Å². The van der Waals surface area contributed by atoms with Crippen molar-refractivity contribution in [2.45, 2.75) is 27.4 Å². The van der Waals surface area contributed by atoms with Crippen LogP contribution in [0.3, 0.4) is 0 Å². The Kier molecular flexibility index (Phi) is 9.15. The third-order valence-corrected chi connectivity index (χ3v) is 6.11.